The van der Waals surface area contributed by atoms with E-state index in [4.69, 9.17) is 0 Å². The summed E-state index contributed by atoms with van der Waals surface area (Å²) in [5.41, 5.74) is 3.05. The van der Waals surface area contributed by atoms with Crippen molar-refractivity contribution in [2.45, 2.75) is 33.2 Å². The van der Waals surface area contributed by atoms with Crippen LogP contribution in [-0.2, 0) is 9.59 Å². The molecule has 1 aromatic carbocycles. The highest BCUT2D eigenvalue weighted by molar-refractivity contribution is 7.99. The van der Waals surface area contributed by atoms with Gasteiger partial charge in [-0.05, 0) is 37.8 Å². The van der Waals surface area contributed by atoms with E-state index >= 15 is 0 Å². The van der Waals surface area contributed by atoms with E-state index in [0.29, 0.717) is 17.5 Å². The van der Waals surface area contributed by atoms with Gasteiger partial charge >= 0.3 is 0 Å². The van der Waals surface area contributed by atoms with Crippen molar-refractivity contribution < 1.29 is 9.59 Å². The van der Waals surface area contributed by atoms with Gasteiger partial charge in [-0.3, -0.25) is 9.59 Å². The lowest BCUT2D eigenvalue weighted by atomic mass is 10.1. The van der Waals surface area contributed by atoms with Crippen LogP contribution < -0.4 is 5.32 Å². The Bertz CT molecular complexity index is 617. The van der Waals surface area contributed by atoms with Crippen LogP contribution in [0.2, 0.25) is 0 Å². The summed E-state index contributed by atoms with van der Waals surface area (Å²) in [6.45, 7) is 6.11. The summed E-state index contributed by atoms with van der Waals surface area (Å²) in [5.74, 6) is 2.00. The number of carbonyl (C=O) groups excluding carboxylic acids is 2. The van der Waals surface area contributed by atoms with Crippen molar-refractivity contribution >= 4 is 29.3 Å². The minimum Gasteiger partial charge on any atom is -0.324 e. The Morgan fingerprint density at radius 1 is 1.32 bits per heavy atom. The minimum absolute atomic E-state index is 0.0707. The second kappa shape index (κ2) is 5.95. The highest BCUT2D eigenvalue weighted by Crippen LogP contribution is 2.41. The molecule has 4 nitrogen and oxygen atoms in total. The molecule has 0 spiro atoms. The second-order valence-corrected chi connectivity index (χ2v) is 7.45. The van der Waals surface area contributed by atoms with Gasteiger partial charge in [0.1, 0.15) is 6.04 Å². The van der Waals surface area contributed by atoms with Gasteiger partial charge in [0.05, 0.1) is 5.88 Å². The largest absolute Gasteiger partial charge is 0.324 e. The molecule has 3 rings (SSSR count). The SMILES string of the molecule is Cc1ccc(NC(=O)[C@@H]2CSCN2C(=O)[C@@H]2C[C@@H]2C)c(C)c1. The fourth-order valence-corrected chi connectivity index (χ4v) is 4.09. The van der Waals surface area contributed by atoms with Crippen LogP contribution in [0.25, 0.3) is 0 Å². The zero-order valence-corrected chi connectivity index (χ0v) is 14.1. The monoisotopic (exact) mass is 318 g/mol. The summed E-state index contributed by atoms with van der Waals surface area (Å²) in [6, 6.07) is 5.63. The van der Waals surface area contributed by atoms with E-state index in [2.05, 4.69) is 12.2 Å². The first kappa shape index (κ1) is 15.4. The second-order valence-electron chi connectivity index (χ2n) is 6.45. The molecule has 1 saturated heterocycles. The molecule has 22 heavy (non-hydrogen) atoms. The van der Waals surface area contributed by atoms with Crippen LogP contribution in [0, 0.1) is 25.7 Å². The lowest BCUT2D eigenvalue weighted by Crippen LogP contribution is -2.45. The average Bonchev–Trinajstić information content (AvgIpc) is 3.01. The summed E-state index contributed by atoms with van der Waals surface area (Å²) in [4.78, 5) is 26.8. The van der Waals surface area contributed by atoms with Gasteiger partial charge in [-0.2, -0.15) is 0 Å². The molecule has 1 heterocycles. The van der Waals surface area contributed by atoms with Crippen molar-refractivity contribution in [3.8, 4) is 0 Å². The van der Waals surface area contributed by atoms with E-state index in [1.807, 2.05) is 32.0 Å². The van der Waals surface area contributed by atoms with Gasteiger partial charge in [0.25, 0.3) is 0 Å². The molecule has 1 aliphatic carbocycles. The number of hydrogen-bond acceptors (Lipinski definition) is 3. The van der Waals surface area contributed by atoms with Crippen LogP contribution in [0.15, 0.2) is 18.2 Å². The first-order valence-corrected chi connectivity index (χ1v) is 8.89. The number of nitrogens with one attached hydrogen (secondary N) is 1. The molecule has 2 aliphatic rings. The van der Waals surface area contributed by atoms with Gasteiger partial charge in [0.15, 0.2) is 0 Å². The highest BCUT2D eigenvalue weighted by atomic mass is 32.2. The molecule has 2 amide bonds. The third-order valence-electron chi connectivity index (χ3n) is 4.53. The van der Waals surface area contributed by atoms with Gasteiger partial charge in [0, 0.05) is 17.4 Å². The third kappa shape index (κ3) is 3.00. The lowest BCUT2D eigenvalue weighted by molar-refractivity contribution is -0.137. The van der Waals surface area contributed by atoms with Gasteiger partial charge in [-0.1, -0.05) is 24.6 Å². The van der Waals surface area contributed by atoms with Crippen LogP contribution in [0.4, 0.5) is 5.69 Å². The van der Waals surface area contributed by atoms with Crippen LogP contribution >= 0.6 is 11.8 Å². The van der Waals surface area contributed by atoms with E-state index < -0.39 is 0 Å². The van der Waals surface area contributed by atoms with Gasteiger partial charge in [0.2, 0.25) is 11.8 Å². The topological polar surface area (TPSA) is 49.4 Å². The fourth-order valence-electron chi connectivity index (χ4n) is 2.93. The highest BCUT2D eigenvalue weighted by Gasteiger charge is 2.45. The molecule has 118 valence electrons. The number of aryl methyl sites for hydroxylation is 2. The molecular formula is C17H22N2O2S. The van der Waals surface area contributed by atoms with Crippen molar-refractivity contribution in [1.29, 1.82) is 0 Å². The standard InChI is InChI=1S/C17H22N2O2S/c1-10-4-5-14(12(3)6-10)18-16(20)15-8-22-9-19(15)17(21)13-7-11(13)2/h4-6,11,13,15H,7-9H2,1-3H3,(H,18,20)/t11-,13+,15-/m0/s1. The lowest BCUT2D eigenvalue weighted by Gasteiger charge is -2.23. The van der Waals surface area contributed by atoms with Crippen LogP contribution in [0.5, 0.6) is 0 Å². The van der Waals surface area contributed by atoms with E-state index in [1.165, 1.54) is 5.56 Å². The molecule has 1 aromatic rings. The molecule has 0 radical (unpaired) electrons. The predicted molar refractivity (Wildman–Crippen MR) is 89.8 cm³/mol. The van der Waals surface area contributed by atoms with E-state index in [1.54, 1.807) is 16.7 Å². The number of rotatable bonds is 3. The van der Waals surface area contributed by atoms with E-state index in [-0.39, 0.29) is 23.8 Å². The van der Waals surface area contributed by atoms with Crippen LogP contribution in [0.3, 0.4) is 0 Å². The zero-order chi connectivity index (χ0) is 15.9. The Morgan fingerprint density at radius 2 is 2.05 bits per heavy atom. The molecule has 1 aliphatic heterocycles. The molecule has 0 unspecified atom stereocenters. The summed E-state index contributed by atoms with van der Waals surface area (Å²) >= 11 is 1.65. The van der Waals surface area contributed by atoms with Crippen molar-refractivity contribution in [3.63, 3.8) is 0 Å². The van der Waals surface area contributed by atoms with Gasteiger partial charge in [-0.15, -0.1) is 11.8 Å². The summed E-state index contributed by atoms with van der Waals surface area (Å²) in [5, 5.41) is 2.99. The normalized spacial score (nSPS) is 26.9. The summed E-state index contributed by atoms with van der Waals surface area (Å²) < 4.78 is 0. The Labute approximate surface area is 135 Å². The van der Waals surface area contributed by atoms with Crippen LogP contribution in [-0.4, -0.2) is 34.4 Å². The maximum absolute atomic E-state index is 12.6. The number of hydrogen-bond donors (Lipinski definition) is 1. The zero-order valence-electron chi connectivity index (χ0n) is 13.3. The summed E-state index contributed by atoms with van der Waals surface area (Å²) in [7, 11) is 0. The van der Waals surface area contributed by atoms with Crippen molar-refractivity contribution in [3.05, 3.63) is 29.3 Å². The van der Waals surface area contributed by atoms with Crippen LogP contribution in [0.1, 0.15) is 24.5 Å². The Kier molecular flexibility index (Phi) is 4.17. The number of amides is 2. The molecule has 3 atom stereocenters. The number of thioether (sulfide) groups is 1. The van der Waals surface area contributed by atoms with Crippen molar-refractivity contribution in [2.75, 3.05) is 16.9 Å². The molecule has 2 fully saturated rings. The molecule has 5 heteroatoms. The smallest absolute Gasteiger partial charge is 0.248 e. The molecule has 1 N–H and O–H groups in total. The fraction of sp³-hybridized carbons (Fsp3) is 0.529. The van der Waals surface area contributed by atoms with Crippen molar-refractivity contribution in [2.24, 2.45) is 11.8 Å². The van der Waals surface area contributed by atoms with E-state index in [0.717, 1.165) is 17.7 Å². The average molecular weight is 318 g/mol. The molecular weight excluding hydrogens is 296 g/mol. The maximum Gasteiger partial charge on any atom is 0.248 e. The Balaban J connectivity index is 1.69. The van der Waals surface area contributed by atoms with Crippen molar-refractivity contribution in [1.82, 2.24) is 4.90 Å². The van der Waals surface area contributed by atoms with Gasteiger partial charge in [-0.25, -0.2) is 0 Å². The third-order valence-corrected chi connectivity index (χ3v) is 5.55. The molecule has 1 saturated carbocycles. The maximum atomic E-state index is 12.6. The first-order valence-electron chi connectivity index (χ1n) is 7.73. The Morgan fingerprint density at radius 3 is 2.68 bits per heavy atom. The number of nitrogens with zero attached hydrogens (tertiary/aromatic N) is 1. The van der Waals surface area contributed by atoms with Gasteiger partial charge < -0.3 is 10.2 Å². The number of anilines is 1. The summed E-state index contributed by atoms with van der Waals surface area (Å²) in [6.07, 6.45) is 0.964. The molecule has 0 aromatic heterocycles. The number of benzene rings is 1. The quantitative estimate of drug-likeness (QED) is 0.932. The number of carbonyl (C=O) groups is 2. The Hall–Kier alpha value is -1.49. The minimum atomic E-state index is -0.342. The van der Waals surface area contributed by atoms with E-state index in [9.17, 15) is 9.59 Å². The first-order chi connectivity index (χ1) is 10.5. The predicted octanol–water partition coefficient (Wildman–Crippen LogP) is 2.80. The molecule has 0 bridgehead atoms.